The summed E-state index contributed by atoms with van der Waals surface area (Å²) in [5.74, 6) is 1.95. The number of fused-ring (bicyclic) bond motifs is 1. The molecule has 2 aromatic carbocycles. The molecule has 0 radical (unpaired) electrons. The lowest BCUT2D eigenvalue weighted by Crippen LogP contribution is -2.06. The second-order valence-electron chi connectivity index (χ2n) is 6.27. The fraction of sp³-hybridized carbons (Fsp3) is 0.0455. The van der Waals surface area contributed by atoms with Crippen molar-refractivity contribution in [1.29, 1.82) is 0 Å². The Kier molecular flexibility index (Phi) is 5.36. The molecule has 8 heteroatoms. The number of H-pyrrole nitrogens is 1. The van der Waals surface area contributed by atoms with E-state index in [1.807, 2.05) is 24.3 Å². The maximum atomic E-state index is 11.5. The topological polar surface area (TPSA) is 89.1 Å². The molecule has 30 heavy (non-hydrogen) atoms. The molecule has 0 bridgehead atoms. The normalized spacial score (nSPS) is 10.6. The van der Waals surface area contributed by atoms with Crippen molar-refractivity contribution in [3.63, 3.8) is 0 Å². The van der Waals surface area contributed by atoms with Crippen LogP contribution in [0.1, 0.15) is 0 Å². The second-order valence-corrected chi connectivity index (χ2v) is 6.68. The smallest absolute Gasteiger partial charge is 0.247 e. The van der Waals surface area contributed by atoms with Crippen LogP contribution >= 0.6 is 11.6 Å². The molecule has 0 saturated carbocycles. The molecule has 0 saturated heterocycles. The first kappa shape index (κ1) is 19.5. The van der Waals surface area contributed by atoms with Crippen LogP contribution in [0.15, 0.2) is 67.4 Å². The van der Waals surface area contributed by atoms with Crippen LogP contribution in [0.5, 0.6) is 17.2 Å². The van der Waals surface area contributed by atoms with Gasteiger partial charge in [-0.25, -0.2) is 9.97 Å². The quantitative estimate of drug-likeness (QED) is 0.418. The van der Waals surface area contributed by atoms with E-state index in [1.165, 1.54) is 12.3 Å². The summed E-state index contributed by atoms with van der Waals surface area (Å²) in [5.41, 5.74) is 2.47. The molecular weight excluding hydrogens is 404 g/mol. The van der Waals surface area contributed by atoms with Gasteiger partial charge in [0.1, 0.15) is 27.9 Å². The Labute approximate surface area is 177 Å². The number of hydrogen-bond donors (Lipinski definition) is 2. The second kappa shape index (κ2) is 8.26. The molecule has 4 aromatic rings. The van der Waals surface area contributed by atoms with Gasteiger partial charge in [-0.2, -0.15) is 0 Å². The van der Waals surface area contributed by atoms with Gasteiger partial charge >= 0.3 is 0 Å². The van der Waals surface area contributed by atoms with E-state index in [1.54, 1.807) is 31.4 Å². The van der Waals surface area contributed by atoms with Gasteiger partial charge in [0.25, 0.3) is 0 Å². The van der Waals surface area contributed by atoms with Crippen LogP contribution in [0.25, 0.3) is 22.6 Å². The number of carbonyl (C=O) groups excluding carboxylic acids is 1. The summed E-state index contributed by atoms with van der Waals surface area (Å²) in [7, 11) is 1.61. The Morgan fingerprint density at radius 2 is 2.00 bits per heavy atom. The molecule has 4 rings (SSSR count). The van der Waals surface area contributed by atoms with Gasteiger partial charge in [-0.15, -0.1) is 0 Å². The fourth-order valence-electron chi connectivity index (χ4n) is 2.85. The van der Waals surface area contributed by atoms with Crippen molar-refractivity contribution in [2.45, 2.75) is 0 Å². The third-order valence-electron chi connectivity index (χ3n) is 4.30. The molecule has 2 N–H and O–H groups in total. The highest BCUT2D eigenvalue weighted by Gasteiger charge is 2.16. The van der Waals surface area contributed by atoms with Gasteiger partial charge in [-0.05, 0) is 42.5 Å². The molecular formula is C22H17ClN4O3. The number of methoxy groups -OCH3 is 1. The molecule has 0 aliphatic heterocycles. The number of nitrogens with one attached hydrogen (secondary N) is 2. The molecule has 0 aliphatic carbocycles. The van der Waals surface area contributed by atoms with Crippen molar-refractivity contribution in [3.05, 3.63) is 72.4 Å². The van der Waals surface area contributed by atoms with Gasteiger partial charge < -0.3 is 19.8 Å². The number of nitrogens with zero attached hydrogens (tertiary/aromatic N) is 2. The Hall–Kier alpha value is -3.84. The van der Waals surface area contributed by atoms with E-state index in [9.17, 15) is 4.79 Å². The predicted octanol–water partition coefficient (Wildman–Crippen LogP) is 5.20. The number of anilines is 1. The van der Waals surface area contributed by atoms with E-state index in [0.717, 1.165) is 11.3 Å². The number of carbonyl (C=O) groups is 1. The third-order valence-corrected chi connectivity index (χ3v) is 4.57. The summed E-state index contributed by atoms with van der Waals surface area (Å²) in [4.78, 5) is 23.6. The molecule has 2 heterocycles. The lowest BCUT2D eigenvalue weighted by atomic mass is 10.2. The minimum absolute atomic E-state index is 0.311. The number of aromatic nitrogens is 3. The number of rotatable bonds is 6. The summed E-state index contributed by atoms with van der Waals surface area (Å²) >= 11 is 6.36. The Balaban J connectivity index is 1.69. The molecule has 7 nitrogen and oxygen atoms in total. The van der Waals surface area contributed by atoms with Crippen molar-refractivity contribution >= 4 is 34.4 Å². The van der Waals surface area contributed by atoms with E-state index < -0.39 is 0 Å². The summed E-state index contributed by atoms with van der Waals surface area (Å²) in [6.45, 7) is 3.44. The minimum Gasteiger partial charge on any atom is -0.497 e. The number of hydrogen-bond acceptors (Lipinski definition) is 5. The number of pyridine rings is 1. The van der Waals surface area contributed by atoms with Gasteiger partial charge in [-0.3, -0.25) is 4.79 Å². The Morgan fingerprint density at radius 1 is 1.20 bits per heavy atom. The minimum atomic E-state index is -0.311. The van der Waals surface area contributed by atoms with Crippen molar-refractivity contribution in [2.75, 3.05) is 12.4 Å². The Bertz CT molecular complexity index is 1240. The Morgan fingerprint density at radius 3 is 2.73 bits per heavy atom. The summed E-state index contributed by atoms with van der Waals surface area (Å²) in [6, 6.07) is 14.4. The molecule has 150 valence electrons. The average Bonchev–Trinajstić information content (AvgIpc) is 3.20. The SMILES string of the molecule is C=CC(=O)Nc1cccc(Oc2c(Cl)cnc3nc(-c4ccc(OC)cc4)[nH]c23)c1. The van der Waals surface area contributed by atoms with Crippen molar-refractivity contribution in [1.82, 2.24) is 15.0 Å². The van der Waals surface area contributed by atoms with Crippen LogP contribution in [0, 0.1) is 0 Å². The monoisotopic (exact) mass is 420 g/mol. The predicted molar refractivity (Wildman–Crippen MR) is 116 cm³/mol. The van der Waals surface area contributed by atoms with Crippen LogP contribution in [0.3, 0.4) is 0 Å². The van der Waals surface area contributed by atoms with Gasteiger partial charge in [-0.1, -0.05) is 24.2 Å². The molecule has 2 aromatic heterocycles. The highest BCUT2D eigenvalue weighted by Crippen LogP contribution is 2.36. The van der Waals surface area contributed by atoms with Crippen LogP contribution in [-0.2, 0) is 4.79 Å². The van der Waals surface area contributed by atoms with E-state index in [0.29, 0.717) is 39.2 Å². The first-order chi connectivity index (χ1) is 14.6. The third kappa shape index (κ3) is 3.97. The molecule has 0 aliphatic rings. The molecule has 0 spiro atoms. The number of halogens is 1. The summed E-state index contributed by atoms with van der Waals surface area (Å²) in [6.07, 6.45) is 2.68. The van der Waals surface area contributed by atoms with Crippen LogP contribution in [0.4, 0.5) is 5.69 Å². The number of ether oxygens (including phenoxy) is 2. The van der Waals surface area contributed by atoms with Gasteiger partial charge in [0.05, 0.1) is 13.3 Å². The molecule has 0 atom stereocenters. The van der Waals surface area contributed by atoms with E-state index >= 15 is 0 Å². The lowest BCUT2D eigenvalue weighted by molar-refractivity contribution is -0.111. The van der Waals surface area contributed by atoms with Gasteiger partial charge in [0.15, 0.2) is 11.4 Å². The maximum Gasteiger partial charge on any atom is 0.247 e. The van der Waals surface area contributed by atoms with Crippen molar-refractivity contribution in [2.24, 2.45) is 0 Å². The molecule has 0 fully saturated rings. The van der Waals surface area contributed by atoms with Crippen LogP contribution < -0.4 is 14.8 Å². The maximum absolute atomic E-state index is 11.5. The zero-order valence-electron chi connectivity index (χ0n) is 16.0. The van der Waals surface area contributed by atoms with Crippen LogP contribution in [-0.4, -0.2) is 28.0 Å². The first-order valence-corrected chi connectivity index (χ1v) is 9.35. The van der Waals surface area contributed by atoms with Crippen molar-refractivity contribution in [3.8, 4) is 28.6 Å². The average molecular weight is 421 g/mol. The van der Waals surface area contributed by atoms with E-state index in [4.69, 9.17) is 21.1 Å². The lowest BCUT2D eigenvalue weighted by Gasteiger charge is -2.10. The number of amides is 1. The number of aromatic amines is 1. The van der Waals surface area contributed by atoms with Crippen molar-refractivity contribution < 1.29 is 14.3 Å². The highest BCUT2D eigenvalue weighted by molar-refractivity contribution is 6.32. The molecule has 0 unspecified atom stereocenters. The van der Waals surface area contributed by atoms with Gasteiger partial charge in [0, 0.05) is 17.3 Å². The highest BCUT2D eigenvalue weighted by atomic mass is 35.5. The standard InChI is InChI=1S/C22H17ClN4O3/c1-3-18(28)25-14-5-4-6-16(11-14)30-20-17(23)12-24-22-19(20)26-21(27-22)13-7-9-15(29-2)10-8-13/h3-12H,1H2,2H3,(H,25,28)(H,24,26,27). The van der Waals surface area contributed by atoms with E-state index in [-0.39, 0.29) is 5.91 Å². The van der Waals surface area contributed by atoms with E-state index in [2.05, 4.69) is 26.8 Å². The fourth-order valence-corrected chi connectivity index (χ4v) is 3.03. The first-order valence-electron chi connectivity index (χ1n) is 8.97. The molecule has 1 amide bonds. The largest absolute Gasteiger partial charge is 0.497 e. The zero-order chi connectivity index (χ0) is 21.1. The number of imidazole rings is 1. The van der Waals surface area contributed by atoms with Crippen LogP contribution in [0.2, 0.25) is 5.02 Å². The summed E-state index contributed by atoms with van der Waals surface area (Å²) in [5, 5.41) is 3.02. The summed E-state index contributed by atoms with van der Waals surface area (Å²) < 4.78 is 11.2. The number of benzene rings is 2. The zero-order valence-corrected chi connectivity index (χ0v) is 16.7. The van der Waals surface area contributed by atoms with Gasteiger partial charge in [0.2, 0.25) is 5.91 Å².